The van der Waals surface area contributed by atoms with Crippen LogP contribution >= 0.6 is 0 Å². The van der Waals surface area contributed by atoms with Crippen LogP contribution in [0.2, 0.25) is 0 Å². The van der Waals surface area contributed by atoms with E-state index in [0.29, 0.717) is 5.69 Å². The first-order chi connectivity index (χ1) is 7.66. The fraction of sp³-hybridized carbons (Fsp3) is 0.583. The third kappa shape index (κ3) is 2.38. The van der Waals surface area contributed by atoms with E-state index in [1.807, 2.05) is 0 Å². The molecule has 4 nitrogen and oxygen atoms in total. The van der Waals surface area contributed by atoms with Crippen LogP contribution in [0.1, 0.15) is 31.4 Å². The predicted octanol–water partition coefficient (Wildman–Crippen LogP) is 1.31. The maximum atomic E-state index is 11.9. The Hall–Kier alpha value is -1.45. The molecule has 4 heteroatoms. The molecule has 0 N–H and O–H groups in total. The van der Waals surface area contributed by atoms with Gasteiger partial charge in [-0.3, -0.25) is 14.2 Å². The summed E-state index contributed by atoms with van der Waals surface area (Å²) in [5.41, 5.74) is 0.549. The molecule has 0 amide bonds. The number of aromatic nitrogens is 2. The van der Waals surface area contributed by atoms with Gasteiger partial charge in [-0.15, -0.1) is 0 Å². The summed E-state index contributed by atoms with van der Waals surface area (Å²) >= 11 is 0. The molecular weight excluding hydrogens is 204 g/mol. The first kappa shape index (κ1) is 11.0. The van der Waals surface area contributed by atoms with Crippen molar-refractivity contribution in [1.29, 1.82) is 0 Å². The molecule has 1 fully saturated rings. The lowest BCUT2D eigenvalue weighted by Gasteiger charge is -2.09. The van der Waals surface area contributed by atoms with Crippen LogP contribution in [0.5, 0.6) is 0 Å². The van der Waals surface area contributed by atoms with E-state index in [9.17, 15) is 9.59 Å². The molecule has 1 heterocycles. The Morgan fingerprint density at radius 1 is 1.50 bits per heavy atom. The number of carbonyl (C=O) groups excluding carboxylic acids is 1. The van der Waals surface area contributed by atoms with Gasteiger partial charge in [0.2, 0.25) is 0 Å². The Morgan fingerprint density at radius 2 is 2.19 bits per heavy atom. The van der Waals surface area contributed by atoms with E-state index in [-0.39, 0.29) is 23.8 Å². The summed E-state index contributed by atoms with van der Waals surface area (Å²) in [5.74, 6) is 0.332. The van der Waals surface area contributed by atoms with Crippen LogP contribution in [0.15, 0.2) is 17.2 Å². The first-order valence-corrected chi connectivity index (χ1v) is 5.72. The van der Waals surface area contributed by atoms with Gasteiger partial charge in [0.15, 0.2) is 5.78 Å². The summed E-state index contributed by atoms with van der Waals surface area (Å²) in [5, 5.41) is 0. The Balaban J connectivity index is 2.08. The molecule has 1 aliphatic carbocycles. The lowest BCUT2D eigenvalue weighted by Crippen LogP contribution is -2.27. The van der Waals surface area contributed by atoms with E-state index in [0.717, 1.165) is 25.7 Å². The predicted molar refractivity (Wildman–Crippen MR) is 60.2 cm³/mol. The topological polar surface area (TPSA) is 52.0 Å². The molecular formula is C12H16N2O2. The van der Waals surface area contributed by atoms with Gasteiger partial charge >= 0.3 is 0 Å². The van der Waals surface area contributed by atoms with Crippen molar-refractivity contribution in [2.75, 3.05) is 0 Å². The Morgan fingerprint density at radius 3 is 2.81 bits per heavy atom. The minimum absolute atomic E-state index is 0.140. The molecule has 0 unspecified atom stereocenters. The van der Waals surface area contributed by atoms with Gasteiger partial charge in [-0.25, -0.2) is 4.98 Å². The molecule has 2 rings (SSSR count). The molecule has 1 saturated carbocycles. The molecule has 1 aromatic heterocycles. The second-order valence-electron chi connectivity index (χ2n) is 4.44. The molecule has 0 aromatic carbocycles. The largest absolute Gasteiger partial charge is 0.297 e. The standard InChI is InChI=1S/C12H16N2O2/c1-9-6-12(16)14(8-13-9)7-11(15)10-4-2-3-5-10/h6,8,10H,2-5,7H2,1H3. The van der Waals surface area contributed by atoms with Gasteiger partial charge in [0.25, 0.3) is 5.56 Å². The van der Waals surface area contributed by atoms with Crippen molar-refractivity contribution in [3.05, 3.63) is 28.4 Å². The fourth-order valence-corrected chi connectivity index (χ4v) is 2.18. The molecule has 16 heavy (non-hydrogen) atoms. The van der Waals surface area contributed by atoms with Crippen molar-refractivity contribution < 1.29 is 4.79 Å². The molecule has 0 atom stereocenters. The van der Waals surface area contributed by atoms with Crippen LogP contribution in [0, 0.1) is 12.8 Å². The SMILES string of the molecule is Cc1cc(=O)n(CC(=O)C2CCCC2)cn1. The van der Waals surface area contributed by atoms with E-state index in [1.165, 1.54) is 17.0 Å². The van der Waals surface area contributed by atoms with Crippen LogP contribution in [0.25, 0.3) is 0 Å². The normalized spacial score (nSPS) is 16.6. The van der Waals surface area contributed by atoms with Crippen molar-refractivity contribution in [2.24, 2.45) is 5.92 Å². The Kier molecular flexibility index (Phi) is 3.17. The third-order valence-electron chi connectivity index (χ3n) is 3.15. The molecule has 0 bridgehead atoms. The van der Waals surface area contributed by atoms with E-state index in [1.54, 1.807) is 6.92 Å². The summed E-state index contributed by atoms with van der Waals surface area (Å²) in [6.45, 7) is 1.95. The Bertz CT molecular complexity index is 445. The van der Waals surface area contributed by atoms with Gasteiger partial charge < -0.3 is 0 Å². The number of hydrogen-bond donors (Lipinski definition) is 0. The maximum absolute atomic E-state index is 11.9. The fourth-order valence-electron chi connectivity index (χ4n) is 2.18. The van der Waals surface area contributed by atoms with E-state index in [4.69, 9.17) is 0 Å². The Labute approximate surface area is 94.3 Å². The maximum Gasteiger partial charge on any atom is 0.253 e. The van der Waals surface area contributed by atoms with Crippen LogP contribution in [0.3, 0.4) is 0 Å². The number of nitrogens with zero attached hydrogens (tertiary/aromatic N) is 2. The minimum Gasteiger partial charge on any atom is -0.297 e. The molecule has 86 valence electrons. The molecule has 0 saturated heterocycles. The number of aryl methyl sites for hydroxylation is 1. The molecule has 0 radical (unpaired) electrons. The van der Waals surface area contributed by atoms with E-state index >= 15 is 0 Å². The van der Waals surface area contributed by atoms with Crippen molar-refractivity contribution in [3.63, 3.8) is 0 Å². The molecule has 1 aliphatic rings. The molecule has 0 spiro atoms. The van der Waals surface area contributed by atoms with Gasteiger partial charge in [0.05, 0.1) is 12.9 Å². The van der Waals surface area contributed by atoms with E-state index < -0.39 is 0 Å². The summed E-state index contributed by atoms with van der Waals surface area (Å²) < 4.78 is 1.40. The number of ketones is 1. The number of Topliss-reactive ketones (excluding diaryl/α,β-unsaturated/α-hetero) is 1. The van der Waals surface area contributed by atoms with Gasteiger partial charge in [-0.1, -0.05) is 12.8 Å². The zero-order chi connectivity index (χ0) is 11.5. The smallest absolute Gasteiger partial charge is 0.253 e. The minimum atomic E-state index is -0.140. The summed E-state index contributed by atoms with van der Waals surface area (Å²) in [6.07, 6.45) is 5.69. The highest BCUT2D eigenvalue weighted by molar-refractivity contribution is 5.81. The summed E-state index contributed by atoms with van der Waals surface area (Å²) in [4.78, 5) is 27.5. The quantitative estimate of drug-likeness (QED) is 0.771. The zero-order valence-corrected chi connectivity index (χ0v) is 9.48. The second-order valence-corrected chi connectivity index (χ2v) is 4.44. The summed E-state index contributed by atoms with van der Waals surface area (Å²) in [7, 11) is 0. The number of rotatable bonds is 3. The first-order valence-electron chi connectivity index (χ1n) is 5.72. The van der Waals surface area contributed by atoms with Crippen molar-refractivity contribution in [1.82, 2.24) is 9.55 Å². The van der Waals surface area contributed by atoms with Crippen molar-refractivity contribution in [2.45, 2.75) is 39.2 Å². The number of hydrogen-bond acceptors (Lipinski definition) is 3. The van der Waals surface area contributed by atoms with Crippen LogP contribution in [-0.2, 0) is 11.3 Å². The van der Waals surface area contributed by atoms with E-state index in [2.05, 4.69) is 4.98 Å². The van der Waals surface area contributed by atoms with Crippen molar-refractivity contribution >= 4 is 5.78 Å². The van der Waals surface area contributed by atoms with Gasteiger partial charge in [-0.2, -0.15) is 0 Å². The van der Waals surface area contributed by atoms with Gasteiger partial charge in [0.1, 0.15) is 0 Å². The van der Waals surface area contributed by atoms with Crippen LogP contribution in [-0.4, -0.2) is 15.3 Å². The van der Waals surface area contributed by atoms with Crippen LogP contribution in [0.4, 0.5) is 0 Å². The lowest BCUT2D eigenvalue weighted by molar-refractivity contribution is -0.123. The summed E-state index contributed by atoms with van der Waals surface area (Å²) in [6, 6.07) is 1.46. The highest BCUT2D eigenvalue weighted by Crippen LogP contribution is 2.25. The molecule has 0 aliphatic heterocycles. The van der Waals surface area contributed by atoms with Crippen molar-refractivity contribution in [3.8, 4) is 0 Å². The highest BCUT2D eigenvalue weighted by Gasteiger charge is 2.22. The third-order valence-corrected chi connectivity index (χ3v) is 3.15. The lowest BCUT2D eigenvalue weighted by atomic mass is 10.0. The average molecular weight is 220 g/mol. The monoisotopic (exact) mass is 220 g/mol. The number of carbonyl (C=O) groups is 1. The van der Waals surface area contributed by atoms with Gasteiger partial charge in [-0.05, 0) is 19.8 Å². The average Bonchev–Trinajstić information content (AvgIpc) is 2.75. The zero-order valence-electron chi connectivity index (χ0n) is 9.48. The second kappa shape index (κ2) is 4.60. The highest BCUT2D eigenvalue weighted by atomic mass is 16.1. The molecule has 1 aromatic rings. The van der Waals surface area contributed by atoms with Gasteiger partial charge in [0, 0.05) is 17.7 Å². The van der Waals surface area contributed by atoms with Crippen LogP contribution < -0.4 is 5.56 Å².